The summed E-state index contributed by atoms with van der Waals surface area (Å²) >= 11 is 0. The van der Waals surface area contributed by atoms with Gasteiger partial charge in [0.2, 0.25) is 0 Å². The predicted octanol–water partition coefficient (Wildman–Crippen LogP) is 2.67. The van der Waals surface area contributed by atoms with Crippen molar-refractivity contribution in [1.82, 2.24) is 0 Å². The molecule has 114 valence electrons. The molecule has 0 spiro atoms. The normalized spacial score (nSPS) is 30.1. The van der Waals surface area contributed by atoms with E-state index in [1.165, 1.54) is 11.1 Å². The standard InChI is InChI=1S/C18H24O3/c1-17(2)8-9-18(16(19)20)7-6-12-10-13(21-3)4-5-14(12)15(18)11-17/h4-5,10,15H,6-9,11H2,1-3H3,(H,19,20)/p-1/t15-,18-/m1/s1. The van der Waals surface area contributed by atoms with Gasteiger partial charge in [0.15, 0.2) is 0 Å². The lowest BCUT2D eigenvalue weighted by Gasteiger charge is -2.53. The second-order valence-electron chi connectivity index (χ2n) is 7.43. The second-order valence-corrected chi connectivity index (χ2v) is 7.43. The molecular formula is C18H23O3-. The van der Waals surface area contributed by atoms with E-state index in [0.29, 0.717) is 6.42 Å². The van der Waals surface area contributed by atoms with Crippen LogP contribution in [0.5, 0.6) is 5.75 Å². The lowest BCUT2D eigenvalue weighted by Crippen LogP contribution is -2.52. The molecule has 3 rings (SSSR count). The average molecular weight is 287 g/mol. The van der Waals surface area contributed by atoms with E-state index >= 15 is 0 Å². The van der Waals surface area contributed by atoms with Gasteiger partial charge in [-0.2, -0.15) is 0 Å². The van der Waals surface area contributed by atoms with E-state index in [4.69, 9.17) is 4.74 Å². The van der Waals surface area contributed by atoms with Gasteiger partial charge in [-0.15, -0.1) is 0 Å². The molecule has 1 aromatic carbocycles. The number of rotatable bonds is 2. The lowest BCUT2D eigenvalue weighted by atomic mass is 9.53. The zero-order valence-corrected chi connectivity index (χ0v) is 13.1. The van der Waals surface area contributed by atoms with Crippen LogP contribution in [0.2, 0.25) is 0 Å². The molecule has 0 aliphatic heterocycles. The SMILES string of the molecule is COc1ccc2c(c1)CC[C@@]1(C(=O)[O-])CCC(C)(C)C[C@H]21. The van der Waals surface area contributed by atoms with Gasteiger partial charge >= 0.3 is 0 Å². The van der Waals surface area contributed by atoms with Crippen molar-refractivity contribution in [3.05, 3.63) is 29.3 Å². The van der Waals surface area contributed by atoms with Crippen LogP contribution in [0, 0.1) is 10.8 Å². The highest BCUT2D eigenvalue weighted by molar-refractivity contribution is 5.75. The second kappa shape index (κ2) is 4.75. The molecule has 1 fully saturated rings. The van der Waals surface area contributed by atoms with Gasteiger partial charge in [0.1, 0.15) is 5.75 Å². The average Bonchev–Trinajstić information content (AvgIpc) is 2.45. The smallest absolute Gasteiger partial charge is 0.119 e. The van der Waals surface area contributed by atoms with E-state index < -0.39 is 11.4 Å². The Hall–Kier alpha value is -1.51. The minimum absolute atomic E-state index is 0.0703. The summed E-state index contributed by atoms with van der Waals surface area (Å²) in [5.74, 6) is 0.0649. The van der Waals surface area contributed by atoms with E-state index in [2.05, 4.69) is 26.0 Å². The fourth-order valence-electron chi connectivity index (χ4n) is 4.26. The molecule has 21 heavy (non-hydrogen) atoms. The first-order valence-corrected chi connectivity index (χ1v) is 7.76. The van der Waals surface area contributed by atoms with Gasteiger partial charge < -0.3 is 14.6 Å². The maximum Gasteiger partial charge on any atom is 0.119 e. The number of aliphatic carboxylic acids is 1. The van der Waals surface area contributed by atoms with Gasteiger partial charge in [-0.05, 0) is 66.7 Å². The molecule has 2 aliphatic rings. The maximum absolute atomic E-state index is 11.9. The Balaban J connectivity index is 2.08. The van der Waals surface area contributed by atoms with Gasteiger partial charge in [-0.1, -0.05) is 19.9 Å². The highest BCUT2D eigenvalue weighted by Crippen LogP contribution is 2.58. The fourth-order valence-corrected chi connectivity index (χ4v) is 4.26. The number of hydrogen-bond acceptors (Lipinski definition) is 3. The van der Waals surface area contributed by atoms with Crippen LogP contribution in [0.3, 0.4) is 0 Å². The highest BCUT2D eigenvalue weighted by Gasteiger charge is 2.49. The molecule has 0 saturated heterocycles. The summed E-state index contributed by atoms with van der Waals surface area (Å²) < 4.78 is 5.30. The van der Waals surface area contributed by atoms with Crippen molar-refractivity contribution in [2.45, 2.75) is 51.9 Å². The van der Waals surface area contributed by atoms with Crippen LogP contribution in [0.25, 0.3) is 0 Å². The summed E-state index contributed by atoms with van der Waals surface area (Å²) in [5, 5.41) is 11.9. The Bertz CT molecular complexity index is 576. The highest BCUT2D eigenvalue weighted by atomic mass is 16.5. The Morgan fingerprint density at radius 1 is 1.29 bits per heavy atom. The minimum atomic E-state index is -0.857. The first-order chi connectivity index (χ1) is 9.88. The molecule has 0 bridgehead atoms. The molecule has 3 heteroatoms. The largest absolute Gasteiger partial charge is 0.550 e. The fraction of sp³-hybridized carbons (Fsp3) is 0.611. The van der Waals surface area contributed by atoms with Crippen LogP contribution in [0.1, 0.15) is 56.6 Å². The van der Waals surface area contributed by atoms with Crippen LogP contribution < -0.4 is 9.84 Å². The number of carboxylic acids is 1. The molecule has 0 unspecified atom stereocenters. The number of carboxylic acid groups (broad SMARTS) is 1. The lowest BCUT2D eigenvalue weighted by molar-refractivity contribution is -0.323. The monoisotopic (exact) mass is 287 g/mol. The van der Waals surface area contributed by atoms with Gasteiger partial charge in [0.05, 0.1) is 7.11 Å². The van der Waals surface area contributed by atoms with Gasteiger partial charge in [0, 0.05) is 11.4 Å². The van der Waals surface area contributed by atoms with Crippen molar-refractivity contribution in [2.75, 3.05) is 7.11 Å². The van der Waals surface area contributed by atoms with E-state index in [1.54, 1.807) is 7.11 Å². The number of carbonyl (C=O) groups is 1. The Morgan fingerprint density at radius 2 is 2.05 bits per heavy atom. The van der Waals surface area contributed by atoms with E-state index in [-0.39, 0.29) is 11.3 Å². The van der Waals surface area contributed by atoms with Crippen molar-refractivity contribution in [3.8, 4) is 5.75 Å². The summed E-state index contributed by atoms with van der Waals surface area (Å²) in [5.41, 5.74) is 1.96. The number of methoxy groups -OCH3 is 1. The number of carbonyl (C=O) groups excluding carboxylic acids is 1. The molecule has 0 radical (unpaired) electrons. The topological polar surface area (TPSA) is 49.4 Å². The van der Waals surface area contributed by atoms with Crippen LogP contribution in [0.4, 0.5) is 0 Å². The first-order valence-electron chi connectivity index (χ1n) is 7.76. The third-order valence-electron chi connectivity index (χ3n) is 5.64. The maximum atomic E-state index is 11.9. The molecular weight excluding hydrogens is 264 g/mol. The van der Waals surface area contributed by atoms with Gasteiger partial charge in [0.25, 0.3) is 0 Å². The third kappa shape index (κ3) is 2.23. The quantitative estimate of drug-likeness (QED) is 0.840. The zero-order chi connectivity index (χ0) is 15.3. The minimum Gasteiger partial charge on any atom is -0.550 e. The number of fused-ring (bicyclic) bond motifs is 3. The first kappa shape index (κ1) is 14.4. The Labute approximate surface area is 126 Å². The predicted molar refractivity (Wildman–Crippen MR) is 79.1 cm³/mol. The number of aryl methyl sites for hydroxylation is 1. The van der Waals surface area contributed by atoms with E-state index in [0.717, 1.165) is 31.4 Å². The van der Waals surface area contributed by atoms with Crippen LogP contribution in [-0.2, 0) is 11.2 Å². The summed E-state index contributed by atoms with van der Waals surface area (Å²) in [6, 6.07) is 6.08. The zero-order valence-electron chi connectivity index (χ0n) is 13.1. The van der Waals surface area contributed by atoms with Crippen LogP contribution >= 0.6 is 0 Å². The molecule has 2 atom stereocenters. The third-order valence-corrected chi connectivity index (χ3v) is 5.64. The van der Waals surface area contributed by atoms with Gasteiger partial charge in [-0.25, -0.2) is 0 Å². The summed E-state index contributed by atoms with van der Waals surface area (Å²) in [4.78, 5) is 11.9. The number of ether oxygens (including phenoxy) is 1. The Morgan fingerprint density at radius 3 is 2.71 bits per heavy atom. The summed E-state index contributed by atoms with van der Waals surface area (Å²) in [6.07, 6.45) is 4.11. The molecule has 1 aromatic rings. The molecule has 0 amide bonds. The van der Waals surface area contributed by atoms with Crippen LogP contribution in [-0.4, -0.2) is 13.1 Å². The van der Waals surface area contributed by atoms with E-state index in [1.807, 2.05) is 6.07 Å². The molecule has 1 saturated carbocycles. The van der Waals surface area contributed by atoms with E-state index in [9.17, 15) is 9.90 Å². The van der Waals surface area contributed by atoms with Gasteiger partial charge in [-0.3, -0.25) is 0 Å². The molecule has 3 nitrogen and oxygen atoms in total. The Kier molecular flexibility index (Phi) is 3.27. The number of hydrogen-bond donors (Lipinski definition) is 0. The summed E-state index contributed by atoms with van der Waals surface area (Å²) in [6.45, 7) is 4.48. The summed E-state index contributed by atoms with van der Waals surface area (Å²) in [7, 11) is 1.67. The van der Waals surface area contributed by atoms with Crippen molar-refractivity contribution in [3.63, 3.8) is 0 Å². The van der Waals surface area contributed by atoms with Crippen molar-refractivity contribution < 1.29 is 14.6 Å². The van der Waals surface area contributed by atoms with Crippen molar-refractivity contribution >= 4 is 5.97 Å². The van der Waals surface area contributed by atoms with Crippen molar-refractivity contribution in [1.29, 1.82) is 0 Å². The molecule has 0 N–H and O–H groups in total. The molecule has 0 heterocycles. The number of benzene rings is 1. The molecule has 0 aromatic heterocycles. The molecule has 2 aliphatic carbocycles. The van der Waals surface area contributed by atoms with Crippen molar-refractivity contribution in [2.24, 2.45) is 10.8 Å². The van der Waals surface area contributed by atoms with Crippen LogP contribution in [0.15, 0.2) is 18.2 Å².